The zero-order chi connectivity index (χ0) is 22.7. The molecule has 3 aromatic rings. The molecule has 170 valence electrons. The summed E-state index contributed by atoms with van der Waals surface area (Å²) in [6, 6.07) is 14.7. The molecule has 0 bridgehead atoms. The first-order valence-electron chi connectivity index (χ1n) is 11.1. The molecule has 1 aliphatic heterocycles. The largest absolute Gasteiger partial charge is 0.494 e. The molecule has 0 saturated carbocycles. The van der Waals surface area contributed by atoms with Gasteiger partial charge in [0.2, 0.25) is 21.7 Å². The van der Waals surface area contributed by atoms with Gasteiger partial charge in [-0.2, -0.15) is 9.29 Å². The van der Waals surface area contributed by atoms with E-state index in [0.29, 0.717) is 42.2 Å². The van der Waals surface area contributed by atoms with Gasteiger partial charge in [-0.3, -0.25) is 0 Å². The van der Waals surface area contributed by atoms with Crippen LogP contribution >= 0.6 is 0 Å². The summed E-state index contributed by atoms with van der Waals surface area (Å²) in [4.78, 5) is 4.88. The maximum Gasteiger partial charge on any atom is 0.243 e. The predicted molar refractivity (Wildman–Crippen MR) is 122 cm³/mol. The van der Waals surface area contributed by atoms with Crippen molar-refractivity contribution in [1.29, 1.82) is 0 Å². The third-order valence-corrected chi connectivity index (χ3v) is 7.66. The van der Waals surface area contributed by atoms with Gasteiger partial charge >= 0.3 is 0 Å². The van der Waals surface area contributed by atoms with E-state index in [0.717, 1.165) is 29.7 Å². The van der Waals surface area contributed by atoms with Crippen molar-refractivity contribution in [3.05, 3.63) is 60.0 Å². The average Bonchev–Trinajstić information content (AvgIpc) is 3.30. The van der Waals surface area contributed by atoms with Gasteiger partial charge in [0.05, 0.1) is 17.4 Å². The first-order chi connectivity index (χ1) is 15.4. The highest BCUT2D eigenvalue weighted by Crippen LogP contribution is 2.31. The quantitative estimate of drug-likeness (QED) is 0.507. The van der Waals surface area contributed by atoms with Crippen molar-refractivity contribution < 1.29 is 17.7 Å². The number of aromatic nitrogens is 2. The molecule has 1 fully saturated rings. The monoisotopic (exact) mass is 455 g/mol. The number of hydrogen-bond acceptors (Lipinski definition) is 6. The maximum absolute atomic E-state index is 13.2. The molecule has 4 rings (SSSR count). The number of sulfonamides is 1. The van der Waals surface area contributed by atoms with E-state index < -0.39 is 10.0 Å². The van der Waals surface area contributed by atoms with E-state index in [2.05, 4.69) is 24.0 Å². The highest BCUT2D eigenvalue weighted by atomic mass is 32.2. The molecule has 0 aliphatic carbocycles. The standard InChI is InChI=1S/C24H29N3O4S/c1-4-30-21-11-7-19(8-12-21)23-25-24(31-26-23)20-6-5-15-27(16-20)32(28,29)22-13-9-18(10-14-22)17(2)3/h7-14,17,20H,4-6,15-16H2,1-3H3/t20-/m1/s1. The molecule has 8 heteroatoms. The van der Waals surface area contributed by atoms with Crippen LogP contribution in [0.1, 0.15) is 56.9 Å². The molecule has 32 heavy (non-hydrogen) atoms. The van der Waals surface area contributed by atoms with Gasteiger partial charge in [0.15, 0.2) is 0 Å². The molecule has 7 nitrogen and oxygen atoms in total. The molecule has 0 unspecified atom stereocenters. The number of ether oxygens (including phenoxy) is 1. The Morgan fingerprint density at radius 3 is 2.50 bits per heavy atom. The fourth-order valence-electron chi connectivity index (χ4n) is 3.92. The second-order valence-corrected chi connectivity index (χ2v) is 10.3. The highest BCUT2D eigenvalue weighted by molar-refractivity contribution is 7.89. The van der Waals surface area contributed by atoms with Gasteiger partial charge < -0.3 is 9.26 Å². The van der Waals surface area contributed by atoms with E-state index in [1.165, 1.54) is 4.31 Å². The van der Waals surface area contributed by atoms with Gasteiger partial charge in [-0.1, -0.05) is 31.1 Å². The Hall–Kier alpha value is -2.71. The van der Waals surface area contributed by atoms with Crippen LogP contribution in [0.2, 0.25) is 0 Å². The van der Waals surface area contributed by atoms with Crippen molar-refractivity contribution in [3.63, 3.8) is 0 Å². The van der Waals surface area contributed by atoms with E-state index in [9.17, 15) is 8.42 Å². The van der Waals surface area contributed by atoms with Crippen molar-refractivity contribution in [1.82, 2.24) is 14.4 Å². The summed E-state index contributed by atoms with van der Waals surface area (Å²) < 4.78 is 38.9. The molecule has 0 radical (unpaired) electrons. The Labute approximate surface area is 189 Å². The Kier molecular flexibility index (Phi) is 6.62. The Balaban J connectivity index is 1.49. The lowest BCUT2D eigenvalue weighted by Crippen LogP contribution is -2.39. The van der Waals surface area contributed by atoms with Crippen LogP contribution in [0.25, 0.3) is 11.4 Å². The second-order valence-electron chi connectivity index (χ2n) is 8.34. The fourth-order valence-corrected chi connectivity index (χ4v) is 5.45. The van der Waals surface area contributed by atoms with Crippen molar-refractivity contribution in [2.24, 2.45) is 0 Å². The van der Waals surface area contributed by atoms with Crippen LogP contribution in [-0.4, -0.2) is 42.6 Å². The van der Waals surface area contributed by atoms with Crippen molar-refractivity contribution in [2.75, 3.05) is 19.7 Å². The van der Waals surface area contributed by atoms with Crippen LogP contribution in [-0.2, 0) is 10.0 Å². The van der Waals surface area contributed by atoms with Gasteiger partial charge in [0.1, 0.15) is 5.75 Å². The van der Waals surface area contributed by atoms with Crippen LogP contribution in [0.15, 0.2) is 57.9 Å². The number of rotatable bonds is 7. The van der Waals surface area contributed by atoms with Crippen LogP contribution in [0.5, 0.6) is 5.75 Å². The lowest BCUT2D eigenvalue weighted by atomic mass is 10.00. The number of nitrogens with zero attached hydrogens (tertiary/aromatic N) is 3. The molecule has 0 amide bonds. The number of benzene rings is 2. The topological polar surface area (TPSA) is 85.5 Å². The van der Waals surface area contributed by atoms with Gasteiger partial charge in [0, 0.05) is 18.7 Å². The Bertz CT molecular complexity index is 1140. The fraction of sp³-hybridized carbons (Fsp3) is 0.417. The normalized spacial score (nSPS) is 17.6. The second kappa shape index (κ2) is 9.42. The molecule has 1 aliphatic rings. The Morgan fingerprint density at radius 1 is 1.12 bits per heavy atom. The summed E-state index contributed by atoms with van der Waals surface area (Å²) in [6.07, 6.45) is 1.55. The van der Waals surface area contributed by atoms with E-state index in [1.807, 2.05) is 43.3 Å². The van der Waals surface area contributed by atoms with Gasteiger partial charge in [-0.05, 0) is 67.6 Å². The first kappa shape index (κ1) is 22.5. The van der Waals surface area contributed by atoms with E-state index in [1.54, 1.807) is 12.1 Å². The minimum atomic E-state index is -3.57. The lowest BCUT2D eigenvalue weighted by molar-refractivity contribution is 0.265. The zero-order valence-corrected chi connectivity index (χ0v) is 19.5. The molecule has 1 aromatic heterocycles. The summed E-state index contributed by atoms with van der Waals surface area (Å²) in [6.45, 7) is 7.54. The molecule has 0 N–H and O–H groups in total. The Morgan fingerprint density at radius 2 is 1.84 bits per heavy atom. The smallest absolute Gasteiger partial charge is 0.243 e. The van der Waals surface area contributed by atoms with E-state index in [-0.39, 0.29) is 5.92 Å². The lowest BCUT2D eigenvalue weighted by Gasteiger charge is -2.30. The van der Waals surface area contributed by atoms with E-state index >= 15 is 0 Å². The zero-order valence-electron chi connectivity index (χ0n) is 18.7. The molecule has 2 heterocycles. The van der Waals surface area contributed by atoms with Crippen molar-refractivity contribution in [3.8, 4) is 17.1 Å². The molecule has 1 saturated heterocycles. The molecule has 2 aromatic carbocycles. The van der Waals surface area contributed by atoms with Gasteiger partial charge in [0.25, 0.3) is 0 Å². The van der Waals surface area contributed by atoms with Crippen LogP contribution in [0, 0.1) is 0 Å². The van der Waals surface area contributed by atoms with Gasteiger partial charge in [-0.25, -0.2) is 8.42 Å². The molecule has 1 atom stereocenters. The summed E-state index contributed by atoms with van der Waals surface area (Å²) in [5.74, 6) is 1.98. The summed E-state index contributed by atoms with van der Waals surface area (Å²) in [7, 11) is -3.57. The van der Waals surface area contributed by atoms with Crippen molar-refractivity contribution in [2.45, 2.75) is 50.3 Å². The maximum atomic E-state index is 13.2. The summed E-state index contributed by atoms with van der Waals surface area (Å²) in [5, 5.41) is 4.11. The predicted octanol–water partition coefficient (Wildman–Crippen LogP) is 4.83. The number of hydrogen-bond donors (Lipinski definition) is 0. The first-order valence-corrected chi connectivity index (χ1v) is 12.5. The third kappa shape index (κ3) is 4.71. The van der Waals surface area contributed by atoms with Gasteiger partial charge in [-0.15, -0.1) is 0 Å². The van der Waals surface area contributed by atoms with Crippen LogP contribution in [0.3, 0.4) is 0 Å². The number of piperidine rings is 1. The molecular weight excluding hydrogens is 426 g/mol. The average molecular weight is 456 g/mol. The summed E-state index contributed by atoms with van der Waals surface area (Å²) in [5.41, 5.74) is 1.95. The van der Waals surface area contributed by atoms with Crippen LogP contribution < -0.4 is 4.74 Å². The minimum Gasteiger partial charge on any atom is -0.494 e. The van der Waals surface area contributed by atoms with E-state index in [4.69, 9.17) is 9.26 Å². The minimum absolute atomic E-state index is 0.127. The third-order valence-electron chi connectivity index (χ3n) is 5.78. The SMILES string of the molecule is CCOc1ccc(-c2noc([C@@H]3CCCN(S(=O)(=O)c4ccc(C(C)C)cc4)C3)n2)cc1. The van der Waals surface area contributed by atoms with Crippen molar-refractivity contribution >= 4 is 10.0 Å². The molecular formula is C24H29N3O4S. The molecule has 0 spiro atoms. The summed E-state index contributed by atoms with van der Waals surface area (Å²) >= 11 is 0. The highest BCUT2D eigenvalue weighted by Gasteiger charge is 2.33. The van der Waals surface area contributed by atoms with Crippen LogP contribution in [0.4, 0.5) is 0 Å².